The van der Waals surface area contributed by atoms with E-state index in [1.807, 2.05) is 0 Å². The van der Waals surface area contributed by atoms with E-state index >= 15 is 0 Å². The lowest BCUT2D eigenvalue weighted by Crippen LogP contribution is -2.23. The maximum absolute atomic E-state index is 11.3. The van der Waals surface area contributed by atoms with Gasteiger partial charge in [-0.25, -0.2) is 0 Å². The van der Waals surface area contributed by atoms with Crippen molar-refractivity contribution in [1.82, 2.24) is 0 Å². The van der Waals surface area contributed by atoms with Crippen molar-refractivity contribution in [2.24, 2.45) is 5.73 Å². The Hall–Kier alpha value is -1.46. The van der Waals surface area contributed by atoms with Gasteiger partial charge in [-0.2, -0.15) is 0 Å². The number of carbonyl (C=O) groups excluding carboxylic acids is 1. The molecule has 6 heteroatoms. The first-order chi connectivity index (χ1) is 7.63. The van der Waals surface area contributed by atoms with E-state index in [-0.39, 0.29) is 12.4 Å². The normalized spacial score (nSPS) is 11.1. The fourth-order valence-corrected chi connectivity index (χ4v) is 1.33. The van der Waals surface area contributed by atoms with Crippen LogP contribution in [0.5, 0.6) is 11.5 Å². The number of ether oxygens (including phenoxy) is 3. The first kappa shape index (κ1) is 15.5. The molecule has 0 amide bonds. The number of rotatable bonds is 4. The largest absolute Gasteiger partial charge is 0.497 e. The van der Waals surface area contributed by atoms with E-state index in [1.54, 1.807) is 25.3 Å². The molecule has 1 rings (SSSR count). The van der Waals surface area contributed by atoms with Gasteiger partial charge in [0, 0.05) is 11.6 Å². The van der Waals surface area contributed by atoms with Gasteiger partial charge in [-0.05, 0) is 12.1 Å². The first-order valence-electron chi connectivity index (χ1n) is 4.69. The Balaban J connectivity index is 0.00000256. The van der Waals surface area contributed by atoms with Gasteiger partial charge in [0.05, 0.1) is 21.3 Å². The summed E-state index contributed by atoms with van der Waals surface area (Å²) in [6.45, 7) is 0. The molecule has 0 aliphatic rings. The maximum atomic E-state index is 11.3. The van der Waals surface area contributed by atoms with E-state index in [9.17, 15) is 4.79 Å². The lowest BCUT2D eigenvalue weighted by Gasteiger charge is -2.14. The quantitative estimate of drug-likeness (QED) is 0.827. The predicted molar refractivity (Wildman–Crippen MR) is 65.7 cm³/mol. The first-order valence-corrected chi connectivity index (χ1v) is 4.69. The number of esters is 1. The molecule has 0 saturated heterocycles. The Labute approximate surface area is 106 Å². The van der Waals surface area contributed by atoms with Gasteiger partial charge < -0.3 is 19.9 Å². The topological polar surface area (TPSA) is 70.8 Å². The van der Waals surface area contributed by atoms with Crippen molar-refractivity contribution < 1.29 is 19.0 Å². The van der Waals surface area contributed by atoms with Crippen molar-refractivity contribution in [3.8, 4) is 11.5 Å². The van der Waals surface area contributed by atoms with Gasteiger partial charge in [0.25, 0.3) is 0 Å². The molecule has 0 heterocycles. The third-order valence-electron chi connectivity index (χ3n) is 2.23. The summed E-state index contributed by atoms with van der Waals surface area (Å²) >= 11 is 0. The summed E-state index contributed by atoms with van der Waals surface area (Å²) in [5, 5.41) is 0. The second kappa shape index (κ2) is 6.98. The third-order valence-corrected chi connectivity index (χ3v) is 2.23. The summed E-state index contributed by atoms with van der Waals surface area (Å²) in [4.78, 5) is 11.3. The summed E-state index contributed by atoms with van der Waals surface area (Å²) < 4.78 is 14.7. The molecule has 0 aliphatic carbocycles. The Morgan fingerprint density at radius 3 is 2.35 bits per heavy atom. The zero-order valence-electron chi connectivity index (χ0n) is 9.93. The van der Waals surface area contributed by atoms with Crippen molar-refractivity contribution in [2.75, 3.05) is 21.3 Å². The Kier molecular flexibility index (Phi) is 6.38. The van der Waals surface area contributed by atoms with Crippen LogP contribution in [0.3, 0.4) is 0 Å². The van der Waals surface area contributed by atoms with Crippen LogP contribution >= 0.6 is 12.4 Å². The van der Waals surface area contributed by atoms with E-state index in [1.165, 1.54) is 14.2 Å². The summed E-state index contributed by atoms with van der Waals surface area (Å²) in [5.41, 5.74) is 6.29. The Bertz CT molecular complexity index is 384. The molecule has 96 valence electrons. The summed E-state index contributed by atoms with van der Waals surface area (Å²) in [7, 11) is 4.34. The van der Waals surface area contributed by atoms with Crippen LogP contribution in [0.4, 0.5) is 0 Å². The smallest absolute Gasteiger partial charge is 0.327 e. The van der Waals surface area contributed by atoms with E-state index in [0.29, 0.717) is 17.1 Å². The van der Waals surface area contributed by atoms with Crippen molar-refractivity contribution in [3.05, 3.63) is 23.8 Å². The molecule has 1 atom stereocenters. The highest BCUT2D eigenvalue weighted by Gasteiger charge is 2.20. The van der Waals surface area contributed by atoms with Crippen LogP contribution < -0.4 is 15.2 Å². The minimum Gasteiger partial charge on any atom is -0.497 e. The SMILES string of the molecule is COC(=O)[C@@H](N)c1ccc(OC)cc1OC.Cl. The van der Waals surface area contributed by atoms with Gasteiger partial charge in [0.15, 0.2) is 0 Å². The molecule has 0 fully saturated rings. The van der Waals surface area contributed by atoms with E-state index in [4.69, 9.17) is 15.2 Å². The molecule has 0 radical (unpaired) electrons. The second-order valence-electron chi connectivity index (χ2n) is 3.11. The molecular formula is C11H16ClNO4. The maximum Gasteiger partial charge on any atom is 0.327 e. The fourth-order valence-electron chi connectivity index (χ4n) is 1.33. The molecule has 5 nitrogen and oxygen atoms in total. The molecule has 0 spiro atoms. The van der Waals surface area contributed by atoms with Gasteiger partial charge in [0.1, 0.15) is 17.5 Å². The highest BCUT2D eigenvalue weighted by atomic mass is 35.5. The molecule has 17 heavy (non-hydrogen) atoms. The summed E-state index contributed by atoms with van der Waals surface area (Å²) in [6.07, 6.45) is 0. The van der Waals surface area contributed by atoms with Gasteiger partial charge in [0.2, 0.25) is 0 Å². The number of methoxy groups -OCH3 is 3. The van der Waals surface area contributed by atoms with Crippen LogP contribution in [0, 0.1) is 0 Å². The van der Waals surface area contributed by atoms with Crippen molar-refractivity contribution in [2.45, 2.75) is 6.04 Å². The van der Waals surface area contributed by atoms with Crippen molar-refractivity contribution in [1.29, 1.82) is 0 Å². The van der Waals surface area contributed by atoms with Gasteiger partial charge >= 0.3 is 5.97 Å². The molecule has 0 aliphatic heterocycles. The van der Waals surface area contributed by atoms with Crippen LogP contribution in [-0.4, -0.2) is 27.3 Å². The van der Waals surface area contributed by atoms with E-state index in [0.717, 1.165) is 0 Å². The lowest BCUT2D eigenvalue weighted by atomic mass is 10.1. The minimum absolute atomic E-state index is 0. The molecule has 1 aromatic rings. The molecule has 0 aromatic heterocycles. The average Bonchev–Trinajstić information content (AvgIpc) is 2.35. The lowest BCUT2D eigenvalue weighted by molar-refractivity contribution is -0.142. The average molecular weight is 262 g/mol. The summed E-state index contributed by atoms with van der Waals surface area (Å²) in [5.74, 6) is 0.624. The van der Waals surface area contributed by atoms with Gasteiger partial charge in [-0.1, -0.05) is 0 Å². The summed E-state index contributed by atoms with van der Waals surface area (Å²) in [6, 6.07) is 4.20. The van der Waals surface area contributed by atoms with Crippen molar-refractivity contribution in [3.63, 3.8) is 0 Å². The molecule has 2 N–H and O–H groups in total. The van der Waals surface area contributed by atoms with Crippen LogP contribution in [0.1, 0.15) is 11.6 Å². The zero-order valence-corrected chi connectivity index (χ0v) is 10.7. The second-order valence-corrected chi connectivity index (χ2v) is 3.11. The highest BCUT2D eigenvalue weighted by Crippen LogP contribution is 2.28. The van der Waals surface area contributed by atoms with Gasteiger partial charge in [-0.3, -0.25) is 4.79 Å². The molecule has 0 unspecified atom stereocenters. The van der Waals surface area contributed by atoms with Crippen LogP contribution in [0.2, 0.25) is 0 Å². The van der Waals surface area contributed by atoms with Gasteiger partial charge in [-0.15, -0.1) is 12.4 Å². The predicted octanol–water partition coefficient (Wildman–Crippen LogP) is 1.30. The van der Waals surface area contributed by atoms with Crippen LogP contribution in [0.25, 0.3) is 0 Å². The Morgan fingerprint density at radius 1 is 1.24 bits per heavy atom. The highest BCUT2D eigenvalue weighted by molar-refractivity contribution is 5.85. The monoisotopic (exact) mass is 261 g/mol. The zero-order chi connectivity index (χ0) is 12.1. The molecule has 0 bridgehead atoms. The van der Waals surface area contributed by atoms with E-state index < -0.39 is 12.0 Å². The minimum atomic E-state index is -0.856. The third kappa shape index (κ3) is 3.51. The van der Waals surface area contributed by atoms with Crippen LogP contribution in [0.15, 0.2) is 18.2 Å². The number of hydrogen-bond acceptors (Lipinski definition) is 5. The van der Waals surface area contributed by atoms with Crippen molar-refractivity contribution >= 4 is 18.4 Å². The number of benzene rings is 1. The molecule has 0 saturated carbocycles. The number of nitrogens with two attached hydrogens (primary N) is 1. The molecular weight excluding hydrogens is 246 g/mol. The number of hydrogen-bond donors (Lipinski definition) is 1. The standard InChI is InChI=1S/C11H15NO4.ClH/c1-14-7-4-5-8(9(6-7)15-2)10(12)11(13)16-3;/h4-6,10H,12H2,1-3H3;1H/t10-;/m0./s1. The number of carbonyl (C=O) groups is 1. The Morgan fingerprint density at radius 2 is 1.88 bits per heavy atom. The molecule has 1 aromatic carbocycles. The fraction of sp³-hybridized carbons (Fsp3) is 0.364. The number of halogens is 1. The van der Waals surface area contributed by atoms with E-state index in [2.05, 4.69) is 4.74 Å². The van der Waals surface area contributed by atoms with Crippen LogP contribution in [-0.2, 0) is 9.53 Å².